The highest BCUT2D eigenvalue weighted by Gasteiger charge is 2.12. The lowest BCUT2D eigenvalue weighted by atomic mass is 10.3. The number of pyridine rings is 1. The molecule has 0 spiro atoms. The van der Waals surface area contributed by atoms with E-state index in [0.29, 0.717) is 5.65 Å². The Labute approximate surface area is 115 Å². The van der Waals surface area contributed by atoms with Crippen molar-refractivity contribution in [3.05, 3.63) is 23.1 Å². The average Bonchev–Trinajstić information content (AvgIpc) is 2.90. The third-order valence-corrected chi connectivity index (χ3v) is 3.81. The molecule has 6 heteroatoms. The molecule has 0 saturated carbocycles. The van der Waals surface area contributed by atoms with Crippen LogP contribution in [-0.4, -0.2) is 29.0 Å². The van der Waals surface area contributed by atoms with Gasteiger partial charge in [-0.3, -0.25) is 0 Å². The molecular weight excluding hydrogens is 258 g/mol. The zero-order chi connectivity index (χ0) is 13.6. The molecule has 0 aliphatic carbocycles. The molecule has 0 saturated heterocycles. The maximum Gasteiger partial charge on any atom is 0.180 e. The number of H-pyrrole nitrogens is 1. The first kappa shape index (κ1) is 12.0. The summed E-state index contributed by atoms with van der Waals surface area (Å²) in [7, 11) is 3.92. The van der Waals surface area contributed by atoms with E-state index < -0.39 is 0 Å². The Morgan fingerprint density at radius 2 is 2.05 bits per heavy atom. The number of nitrogen functional groups attached to an aromatic ring is 1. The van der Waals surface area contributed by atoms with Gasteiger partial charge in [-0.1, -0.05) is 0 Å². The highest BCUT2D eigenvalue weighted by Crippen LogP contribution is 2.32. The highest BCUT2D eigenvalue weighted by molar-refractivity contribution is 7.16. The standard InChI is InChI=1S/C13H15N5S/c1-7-6-8(11(14)19-7)12-15-9-4-5-10(18(2)3)16-13(9)17-12/h4-6H,14H2,1-3H3,(H,15,16,17). The van der Waals surface area contributed by atoms with Gasteiger partial charge in [0, 0.05) is 19.0 Å². The molecule has 0 aliphatic heterocycles. The lowest BCUT2D eigenvalue weighted by Gasteiger charge is -2.09. The minimum atomic E-state index is 0.712. The Balaban J connectivity index is 2.14. The Morgan fingerprint density at radius 3 is 2.68 bits per heavy atom. The molecule has 3 aromatic rings. The summed E-state index contributed by atoms with van der Waals surface area (Å²) >= 11 is 1.57. The first-order valence-electron chi connectivity index (χ1n) is 5.95. The van der Waals surface area contributed by atoms with Crippen molar-refractivity contribution in [2.24, 2.45) is 0 Å². The maximum atomic E-state index is 6.00. The predicted molar refractivity (Wildman–Crippen MR) is 80.7 cm³/mol. The van der Waals surface area contributed by atoms with E-state index in [9.17, 15) is 0 Å². The molecule has 98 valence electrons. The van der Waals surface area contributed by atoms with Crippen molar-refractivity contribution in [1.82, 2.24) is 15.0 Å². The average molecular weight is 273 g/mol. The Morgan fingerprint density at radius 1 is 1.26 bits per heavy atom. The highest BCUT2D eigenvalue weighted by atomic mass is 32.1. The number of fused-ring (bicyclic) bond motifs is 1. The Bertz CT molecular complexity index is 741. The van der Waals surface area contributed by atoms with Gasteiger partial charge in [0.15, 0.2) is 5.65 Å². The fraction of sp³-hybridized carbons (Fsp3) is 0.231. The topological polar surface area (TPSA) is 70.8 Å². The van der Waals surface area contributed by atoms with Crippen LogP contribution in [0.25, 0.3) is 22.6 Å². The van der Waals surface area contributed by atoms with E-state index in [4.69, 9.17) is 5.73 Å². The molecule has 3 heterocycles. The lowest BCUT2D eigenvalue weighted by Crippen LogP contribution is -2.10. The first-order valence-corrected chi connectivity index (χ1v) is 6.76. The molecule has 3 rings (SSSR count). The maximum absolute atomic E-state index is 6.00. The van der Waals surface area contributed by atoms with Crippen molar-refractivity contribution < 1.29 is 0 Å². The molecule has 0 bridgehead atoms. The molecule has 0 aromatic carbocycles. The van der Waals surface area contributed by atoms with Crippen LogP contribution in [0.15, 0.2) is 18.2 Å². The molecule has 3 N–H and O–H groups in total. The predicted octanol–water partition coefficient (Wildman–Crippen LogP) is 2.64. The number of hydrogen-bond donors (Lipinski definition) is 2. The lowest BCUT2D eigenvalue weighted by molar-refractivity contribution is 1.08. The zero-order valence-corrected chi connectivity index (χ0v) is 11.9. The van der Waals surface area contributed by atoms with E-state index in [0.717, 1.165) is 27.7 Å². The number of anilines is 2. The summed E-state index contributed by atoms with van der Waals surface area (Å²) in [5.41, 5.74) is 8.59. The number of thiophene rings is 1. The fourth-order valence-corrected chi connectivity index (χ4v) is 2.77. The number of nitrogens with two attached hydrogens (primary N) is 1. The monoisotopic (exact) mass is 273 g/mol. The minimum Gasteiger partial charge on any atom is -0.390 e. The molecule has 0 amide bonds. The second-order valence-corrected chi connectivity index (χ2v) is 5.94. The number of nitrogens with zero attached hydrogens (tertiary/aromatic N) is 3. The van der Waals surface area contributed by atoms with Gasteiger partial charge in [-0.05, 0) is 25.1 Å². The summed E-state index contributed by atoms with van der Waals surface area (Å²) in [6.45, 7) is 2.04. The quantitative estimate of drug-likeness (QED) is 0.753. The number of aryl methyl sites for hydroxylation is 1. The second kappa shape index (κ2) is 4.24. The smallest absolute Gasteiger partial charge is 0.180 e. The number of hydrogen-bond acceptors (Lipinski definition) is 5. The number of imidazole rings is 1. The second-order valence-electron chi connectivity index (χ2n) is 4.66. The largest absolute Gasteiger partial charge is 0.390 e. The molecule has 3 aromatic heterocycles. The summed E-state index contributed by atoms with van der Waals surface area (Å²) < 4.78 is 0. The van der Waals surface area contributed by atoms with E-state index in [1.807, 2.05) is 44.1 Å². The van der Waals surface area contributed by atoms with Gasteiger partial charge in [0.05, 0.1) is 16.1 Å². The number of rotatable bonds is 2. The molecular formula is C13H15N5S. The molecule has 5 nitrogen and oxygen atoms in total. The van der Waals surface area contributed by atoms with Gasteiger partial charge in [0.2, 0.25) is 0 Å². The van der Waals surface area contributed by atoms with Crippen LogP contribution >= 0.6 is 11.3 Å². The first-order chi connectivity index (χ1) is 9.04. The Kier molecular flexibility index (Phi) is 2.67. The van der Waals surface area contributed by atoms with Gasteiger partial charge in [-0.25, -0.2) is 9.97 Å². The van der Waals surface area contributed by atoms with E-state index in [2.05, 4.69) is 15.0 Å². The van der Waals surface area contributed by atoms with Crippen molar-refractivity contribution in [1.29, 1.82) is 0 Å². The van der Waals surface area contributed by atoms with Gasteiger partial charge < -0.3 is 15.6 Å². The van der Waals surface area contributed by atoms with Gasteiger partial charge in [-0.2, -0.15) is 0 Å². The van der Waals surface area contributed by atoms with Crippen LogP contribution in [0.4, 0.5) is 10.8 Å². The van der Waals surface area contributed by atoms with Gasteiger partial charge in [0.1, 0.15) is 11.6 Å². The van der Waals surface area contributed by atoms with Crippen molar-refractivity contribution in [3.63, 3.8) is 0 Å². The number of aromatic amines is 1. The third kappa shape index (κ3) is 2.04. The van der Waals surface area contributed by atoms with Gasteiger partial charge >= 0.3 is 0 Å². The SMILES string of the molecule is Cc1cc(-c2nc3nc(N(C)C)ccc3[nH]2)c(N)s1. The summed E-state index contributed by atoms with van der Waals surface area (Å²) in [5.74, 6) is 1.67. The Hall–Kier alpha value is -2.08. The number of nitrogens with one attached hydrogen (secondary N) is 1. The third-order valence-electron chi connectivity index (χ3n) is 2.93. The zero-order valence-electron chi connectivity index (χ0n) is 11.1. The van der Waals surface area contributed by atoms with Crippen molar-refractivity contribution in [3.8, 4) is 11.4 Å². The van der Waals surface area contributed by atoms with Crippen molar-refractivity contribution >= 4 is 33.3 Å². The van der Waals surface area contributed by atoms with Crippen LogP contribution in [-0.2, 0) is 0 Å². The number of aromatic nitrogens is 3. The van der Waals surface area contributed by atoms with Crippen LogP contribution in [0.3, 0.4) is 0 Å². The summed E-state index contributed by atoms with van der Waals surface area (Å²) in [6.07, 6.45) is 0. The van der Waals surface area contributed by atoms with Crippen LogP contribution in [0.2, 0.25) is 0 Å². The molecule has 0 radical (unpaired) electrons. The van der Waals surface area contributed by atoms with Crippen LogP contribution < -0.4 is 10.6 Å². The van der Waals surface area contributed by atoms with E-state index in [1.165, 1.54) is 4.88 Å². The molecule has 0 atom stereocenters. The molecule has 0 aliphatic rings. The van der Waals surface area contributed by atoms with Gasteiger partial charge in [0.25, 0.3) is 0 Å². The van der Waals surface area contributed by atoms with Gasteiger partial charge in [-0.15, -0.1) is 11.3 Å². The molecule has 0 fully saturated rings. The fourth-order valence-electron chi connectivity index (χ4n) is 1.98. The van der Waals surface area contributed by atoms with E-state index in [-0.39, 0.29) is 0 Å². The normalized spacial score (nSPS) is 11.1. The van der Waals surface area contributed by atoms with Crippen LogP contribution in [0.5, 0.6) is 0 Å². The van der Waals surface area contributed by atoms with Crippen LogP contribution in [0.1, 0.15) is 4.88 Å². The molecule has 19 heavy (non-hydrogen) atoms. The van der Waals surface area contributed by atoms with Crippen molar-refractivity contribution in [2.45, 2.75) is 6.92 Å². The van der Waals surface area contributed by atoms with E-state index in [1.54, 1.807) is 11.3 Å². The van der Waals surface area contributed by atoms with Crippen LogP contribution in [0, 0.1) is 6.92 Å². The summed E-state index contributed by atoms with van der Waals surface area (Å²) in [5, 5.41) is 0.782. The van der Waals surface area contributed by atoms with E-state index >= 15 is 0 Å². The summed E-state index contributed by atoms with van der Waals surface area (Å²) in [6, 6.07) is 6.00. The van der Waals surface area contributed by atoms with Crippen molar-refractivity contribution in [2.75, 3.05) is 24.7 Å². The molecule has 0 unspecified atom stereocenters. The minimum absolute atomic E-state index is 0.712. The summed E-state index contributed by atoms with van der Waals surface area (Å²) in [4.78, 5) is 15.4.